The van der Waals surface area contributed by atoms with Crippen molar-refractivity contribution in [1.29, 1.82) is 0 Å². The molecule has 1 aliphatic rings. The predicted octanol–water partition coefficient (Wildman–Crippen LogP) is 2.24. The number of hydrazine groups is 1. The lowest BCUT2D eigenvalue weighted by molar-refractivity contribution is -0.133. The minimum absolute atomic E-state index is 0.0787. The topological polar surface area (TPSA) is 73.8 Å². The summed E-state index contributed by atoms with van der Waals surface area (Å²) in [4.78, 5) is 14.3. The van der Waals surface area contributed by atoms with Crippen molar-refractivity contribution in [2.75, 3.05) is 20.7 Å². The van der Waals surface area contributed by atoms with Crippen molar-refractivity contribution in [3.63, 3.8) is 0 Å². The van der Waals surface area contributed by atoms with Gasteiger partial charge in [-0.05, 0) is 48.2 Å². The van der Waals surface area contributed by atoms with Crippen LogP contribution >= 0.6 is 0 Å². The van der Waals surface area contributed by atoms with Crippen LogP contribution in [0, 0.1) is 12.7 Å². The maximum Gasteiger partial charge on any atom is 0.240 e. The predicted molar refractivity (Wildman–Crippen MR) is 104 cm³/mol. The molecule has 28 heavy (non-hydrogen) atoms. The highest BCUT2D eigenvalue weighted by Crippen LogP contribution is 2.25. The van der Waals surface area contributed by atoms with Gasteiger partial charge in [0.05, 0.1) is 19.8 Å². The largest absolute Gasteiger partial charge is 0.497 e. The third-order valence-corrected chi connectivity index (χ3v) is 5.09. The molecule has 2 aromatic carbocycles. The molecular formula is C21H26FN3O3. The highest BCUT2D eigenvalue weighted by Gasteiger charge is 2.32. The first-order valence-electron chi connectivity index (χ1n) is 9.23. The van der Waals surface area contributed by atoms with E-state index in [4.69, 9.17) is 4.74 Å². The number of hydrogen-bond donors (Lipinski definition) is 3. The van der Waals surface area contributed by atoms with Gasteiger partial charge in [0.15, 0.2) is 0 Å². The number of methoxy groups -OCH3 is 1. The van der Waals surface area contributed by atoms with Gasteiger partial charge in [0.1, 0.15) is 17.6 Å². The molecule has 3 unspecified atom stereocenters. The highest BCUT2D eigenvalue weighted by molar-refractivity contribution is 5.82. The molecule has 1 aliphatic heterocycles. The number of aryl methyl sites for hydroxylation is 1. The molecule has 0 saturated carbocycles. The minimum atomic E-state index is -0.811. The van der Waals surface area contributed by atoms with Crippen LogP contribution in [-0.2, 0) is 4.79 Å². The average Bonchev–Trinajstić information content (AvgIpc) is 3.19. The highest BCUT2D eigenvalue weighted by atomic mass is 19.1. The lowest BCUT2D eigenvalue weighted by Gasteiger charge is -2.24. The lowest BCUT2D eigenvalue weighted by Crippen LogP contribution is -2.45. The van der Waals surface area contributed by atoms with Crippen LogP contribution in [0.1, 0.15) is 35.3 Å². The molecule has 7 heteroatoms. The molecule has 0 bridgehead atoms. The zero-order chi connectivity index (χ0) is 20.3. The molecule has 1 heterocycles. The van der Waals surface area contributed by atoms with Crippen molar-refractivity contribution in [3.05, 3.63) is 65.0 Å². The van der Waals surface area contributed by atoms with Crippen LogP contribution in [0.25, 0.3) is 0 Å². The molecule has 0 aromatic heterocycles. The first-order chi connectivity index (χ1) is 13.4. The zero-order valence-electron chi connectivity index (χ0n) is 16.3. The van der Waals surface area contributed by atoms with Crippen LogP contribution in [-0.4, -0.2) is 42.7 Å². The normalized spacial score (nSPS) is 20.0. The van der Waals surface area contributed by atoms with E-state index in [2.05, 4.69) is 10.9 Å². The second kappa shape index (κ2) is 8.68. The number of likely N-dealkylation sites (N-methyl/N-ethyl adjacent to an activating group) is 1. The molecule has 1 fully saturated rings. The van der Waals surface area contributed by atoms with E-state index in [0.29, 0.717) is 23.3 Å². The van der Waals surface area contributed by atoms with Crippen molar-refractivity contribution < 1.29 is 19.0 Å². The first-order valence-corrected chi connectivity index (χ1v) is 9.23. The maximum absolute atomic E-state index is 13.5. The van der Waals surface area contributed by atoms with Crippen LogP contribution in [0.4, 0.5) is 4.39 Å². The number of rotatable bonds is 6. The molecule has 3 atom stereocenters. The van der Waals surface area contributed by atoms with Crippen molar-refractivity contribution in [2.45, 2.75) is 31.5 Å². The van der Waals surface area contributed by atoms with E-state index in [1.54, 1.807) is 57.5 Å². The number of aliphatic hydroxyl groups excluding tert-OH is 1. The van der Waals surface area contributed by atoms with Crippen molar-refractivity contribution in [2.24, 2.45) is 0 Å². The second-order valence-corrected chi connectivity index (χ2v) is 7.15. The van der Waals surface area contributed by atoms with Gasteiger partial charge < -0.3 is 14.7 Å². The van der Waals surface area contributed by atoms with E-state index >= 15 is 0 Å². The fraction of sp³-hybridized carbons (Fsp3) is 0.381. The molecule has 2 aromatic rings. The van der Waals surface area contributed by atoms with Gasteiger partial charge in [0.25, 0.3) is 0 Å². The monoisotopic (exact) mass is 387 g/mol. The van der Waals surface area contributed by atoms with E-state index in [0.717, 1.165) is 5.56 Å². The van der Waals surface area contributed by atoms with Crippen LogP contribution in [0.5, 0.6) is 5.75 Å². The number of nitrogens with one attached hydrogen (secondary N) is 2. The maximum atomic E-state index is 13.5. The quantitative estimate of drug-likeness (QED) is 0.709. The summed E-state index contributed by atoms with van der Waals surface area (Å²) in [6, 6.07) is 11.6. The summed E-state index contributed by atoms with van der Waals surface area (Å²) in [5.74, 6) is 0.300. The van der Waals surface area contributed by atoms with Crippen LogP contribution < -0.4 is 15.6 Å². The van der Waals surface area contributed by atoms with E-state index in [1.807, 2.05) is 0 Å². The van der Waals surface area contributed by atoms with Crippen LogP contribution in [0.15, 0.2) is 42.5 Å². The number of hydrogen-bond acceptors (Lipinski definition) is 5. The SMILES string of the molecule is COc1cccc(C(O)CN(C)C(=O)C2CC(c3ccc(F)c(C)c3)NN2)c1. The summed E-state index contributed by atoms with van der Waals surface area (Å²) in [7, 11) is 3.24. The lowest BCUT2D eigenvalue weighted by atomic mass is 9.99. The number of ether oxygens (including phenoxy) is 1. The van der Waals surface area contributed by atoms with Gasteiger partial charge in [0.2, 0.25) is 5.91 Å². The van der Waals surface area contributed by atoms with Crippen LogP contribution in [0.3, 0.4) is 0 Å². The van der Waals surface area contributed by atoms with E-state index in [1.165, 1.54) is 11.0 Å². The molecule has 0 spiro atoms. The van der Waals surface area contributed by atoms with Gasteiger partial charge in [-0.15, -0.1) is 0 Å². The van der Waals surface area contributed by atoms with E-state index in [9.17, 15) is 14.3 Å². The number of carbonyl (C=O) groups excluding carboxylic acids is 1. The summed E-state index contributed by atoms with van der Waals surface area (Å²) >= 11 is 0. The summed E-state index contributed by atoms with van der Waals surface area (Å²) in [6.45, 7) is 1.89. The molecule has 3 N–H and O–H groups in total. The van der Waals surface area contributed by atoms with Gasteiger partial charge in [-0.2, -0.15) is 0 Å². The van der Waals surface area contributed by atoms with Crippen molar-refractivity contribution in [1.82, 2.24) is 15.8 Å². The molecule has 150 valence electrons. The Kier molecular flexibility index (Phi) is 6.28. The molecule has 1 saturated heterocycles. The Morgan fingerprint density at radius 3 is 2.82 bits per heavy atom. The standard InChI is InChI=1S/C21H26FN3O3/c1-13-9-14(7-8-17(13)22)18-11-19(24-23-18)21(27)25(2)12-20(26)15-5-4-6-16(10-15)28-3/h4-10,18-20,23-24,26H,11-12H2,1-3H3. The Balaban J connectivity index is 1.59. The number of nitrogens with zero attached hydrogens (tertiary/aromatic N) is 1. The van der Waals surface area contributed by atoms with Gasteiger partial charge in [0, 0.05) is 13.1 Å². The van der Waals surface area contributed by atoms with Gasteiger partial charge >= 0.3 is 0 Å². The fourth-order valence-electron chi connectivity index (χ4n) is 3.39. The second-order valence-electron chi connectivity index (χ2n) is 7.15. The molecule has 0 aliphatic carbocycles. The van der Waals surface area contributed by atoms with Crippen LogP contribution in [0.2, 0.25) is 0 Å². The first kappa shape index (κ1) is 20.3. The summed E-state index contributed by atoms with van der Waals surface area (Å²) < 4.78 is 18.7. The number of amides is 1. The summed E-state index contributed by atoms with van der Waals surface area (Å²) in [6.07, 6.45) is -0.266. The summed E-state index contributed by atoms with van der Waals surface area (Å²) in [5.41, 5.74) is 8.32. The average molecular weight is 387 g/mol. The number of halogens is 1. The zero-order valence-corrected chi connectivity index (χ0v) is 16.3. The molecule has 6 nitrogen and oxygen atoms in total. The Morgan fingerprint density at radius 2 is 2.11 bits per heavy atom. The van der Waals surface area contributed by atoms with E-state index < -0.39 is 12.1 Å². The number of benzene rings is 2. The third kappa shape index (κ3) is 4.49. The Morgan fingerprint density at radius 1 is 1.32 bits per heavy atom. The number of aliphatic hydroxyl groups is 1. The fourth-order valence-corrected chi connectivity index (χ4v) is 3.39. The van der Waals surface area contributed by atoms with Gasteiger partial charge in [-0.25, -0.2) is 15.2 Å². The van der Waals surface area contributed by atoms with Crippen molar-refractivity contribution in [3.8, 4) is 5.75 Å². The summed E-state index contributed by atoms with van der Waals surface area (Å²) in [5, 5.41) is 10.5. The van der Waals surface area contributed by atoms with Gasteiger partial charge in [-0.3, -0.25) is 4.79 Å². The number of carbonyl (C=O) groups is 1. The molecule has 0 radical (unpaired) electrons. The van der Waals surface area contributed by atoms with Gasteiger partial charge in [-0.1, -0.05) is 24.3 Å². The molecular weight excluding hydrogens is 361 g/mol. The Labute approximate surface area is 164 Å². The van der Waals surface area contributed by atoms with E-state index in [-0.39, 0.29) is 24.3 Å². The third-order valence-electron chi connectivity index (χ3n) is 5.09. The molecule has 3 rings (SSSR count). The molecule has 1 amide bonds. The minimum Gasteiger partial charge on any atom is -0.497 e. The van der Waals surface area contributed by atoms with Crippen molar-refractivity contribution >= 4 is 5.91 Å². The smallest absolute Gasteiger partial charge is 0.240 e. The Bertz CT molecular complexity index is 845. The Hall–Kier alpha value is -2.48.